The van der Waals surface area contributed by atoms with Crippen LogP contribution in [0.15, 0.2) is 0 Å². The highest BCUT2D eigenvalue weighted by atomic mass is 16.2. The number of amides is 2. The Hall–Kier alpha value is -1.10. The molecule has 124 valence electrons. The summed E-state index contributed by atoms with van der Waals surface area (Å²) in [5.74, 6) is 2.88. The molecule has 22 heavy (non-hydrogen) atoms. The van der Waals surface area contributed by atoms with E-state index in [1.54, 1.807) is 19.0 Å². The van der Waals surface area contributed by atoms with Crippen molar-refractivity contribution in [3.8, 4) is 0 Å². The molecule has 1 aliphatic heterocycles. The maximum absolute atomic E-state index is 12.5. The number of nitrogens with zero attached hydrogens (tertiary/aromatic N) is 3. The van der Waals surface area contributed by atoms with Gasteiger partial charge in [-0.15, -0.1) is 0 Å². The molecule has 3 unspecified atom stereocenters. The van der Waals surface area contributed by atoms with E-state index in [0.717, 1.165) is 44.4 Å². The van der Waals surface area contributed by atoms with Crippen LogP contribution in [-0.4, -0.2) is 73.3 Å². The van der Waals surface area contributed by atoms with Gasteiger partial charge in [-0.2, -0.15) is 0 Å². The molecule has 2 bridgehead atoms. The highest BCUT2D eigenvalue weighted by Crippen LogP contribution is 2.49. The van der Waals surface area contributed by atoms with Crippen molar-refractivity contribution < 1.29 is 9.59 Å². The summed E-state index contributed by atoms with van der Waals surface area (Å²) in [6.07, 6.45) is 6.17. The lowest BCUT2D eigenvalue weighted by atomic mass is 9.86. The van der Waals surface area contributed by atoms with Crippen LogP contribution in [-0.2, 0) is 9.59 Å². The summed E-state index contributed by atoms with van der Waals surface area (Å²) >= 11 is 0. The van der Waals surface area contributed by atoms with Crippen molar-refractivity contribution in [3.05, 3.63) is 0 Å². The van der Waals surface area contributed by atoms with Gasteiger partial charge in [-0.05, 0) is 37.0 Å². The summed E-state index contributed by atoms with van der Waals surface area (Å²) in [6, 6.07) is 0. The van der Waals surface area contributed by atoms with Crippen molar-refractivity contribution in [3.63, 3.8) is 0 Å². The molecule has 1 heterocycles. The molecular formula is C17H29N3O2. The molecule has 5 heteroatoms. The molecule has 0 aromatic heterocycles. The van der Waals surface area contributed by atoms with E-state index < -0.39 is 0 Å². The van der Waals surface area contributed by atoms with Crippen LogP contribution in [0, 0.1) is 17.8 Å². The molecule has 0 aromatic rings. The van der Waals surface area contributed by atoms with E-state index in [4.69, 9.17) is 0 Å². The van der Waals surface area contributed by atoms with Gasteiger partial charge in [0.15, 0.2) is 0 Å². The van der Waals surface area contributed by atoms with E-state index in [0.29, 0.717) is 18.4 Å². The molecule has 0 radical (unpaired) electrons. The Morgan fingerprint density at radius 3 is 2.32 bits per heavy atom. The standard InChI is InChI=1S/C17H29N3O2/c1-18(2)17(22)12-19-5-7-20(8-6-19)16(21)11-15-10-13-3-4-14(15)9-13/h13-15H,3-12H2,1-2H3. The average molecular weight is 307 g/mol. The lowest BCUT2D eigenvalue weighted by Gasteiger charge is -2.35. The second-order valence-corrected chi connectivity index (χ2v) is 7.58. The molecule has 2 amide bonds. The Kier molecular flexibility index (Phi) is 4.71. The monoisotopic (exact) mass is 307 g/mol. The van der Waals surface area contributed by atoms with Gasteiger partial charge in [0, 0.05) is 46.7 Å². The maximum atomic E-state index is 12.5. The topological polar surface area (TPSA) is 43.9 Å². The summed E-state index contributed by atoms with van der Waals surface area (Å²) in [4.78, 5) is 30.0. The third kappa shape index (κ3) is 3.45. The molecule has 3 atom stereocenters. The first kappa shape index (κ1) is 15.8. The van der Waals surface area contributed by atoms with Crippen LogP contribution in [0.5, 0.6) is 0 Å². The fourth-order valence-corrected chi connectivity index (χ4v) is 4.47. The SMILES string of the molecule is CN(C)C(=O)CN1CCN(C(=O)CC2CC3CCC2C3)CC1. The summed E-state index contributed by atoms with van der Waals surface area (Å²) in [5.41, 5.74) is 0. The summed E-state index contributed by atoms with van der Waals surface area (Å²) < 4.78 is 0. The molecule has 0 aromatic carbocycles. The fourth-order valence-electron chi connectivity index (χ4n) is 4.47. The van der Waals surface area contributed by atoms with E-state index in [1.807, 2.05) is 4.90 Å². The minimum absolute atomic E-state index is 0.141. The minimum Gasteiger partial charge on any atom is -0.348 e. The van der Waals surface area contributed by atoms with Crippen molar-refractivity contribution in [1.29, 1.82) is 0 Å². The second kappa shape index (κ2) is 6.57. The van der Waals surface area contributed by atoms with Crippen LogP contribution in [0.2, 0.25) is 0 Å². The molecule has 3 aliphatic rings. The molecule has 1 saturated heterocycles. The van der Waals surface area contributed by atoms with Gasteiger partial charge in [-0.3, -0.25) is 14.5 Å². The van der Waals surface area contributed by atoms with Crippen molar-refractivity contribution in [2.75, 3.05) is 46.8 Å². The Morgan fingerprint density at radius 1 is 1.05 bits per heavy atom. The van der Waals surface area contributed by atoms with Gasteiger partial charge in [0.1, 0.15) is 0 Å². The van der Waals surface area contributed by atoms with Crippen LogP contribution in [0.3, 0.4) is 0 Å². The lowest BCUT2D eigenvalue weighted by Crippen LogP contribution is -2.51. The Balaban J connectivity index is 1.41. The quantitative estimate of drug-likeness (QED) is 0.780. The highest BCUT2D eigenvalue weighted by molar-refractivity contribution is 5.78. The Bertz CT molecular complexity index is 430. The summed E-state index contributed by atoms with van der Waals surface area (Å²) in [5, 5.41) is 0. The predicted molar refractivity (Wildman–Crippen MR) is 85.3 cm³/mol. The smallest absolute Gasteiger partial charge is 0.236 e. The second-order valence-electron chi connectivity index (χ2n) is 7.58. The van der Waals surface area contributed by atoms with Crippen molar-refractivity contribution >= 4 is 11.8 Å². The molecule has 3 rings (SSSR count). The van der Waals surface area contributed by atoms with Crippen LogP contribution < -0.4 is 0 Å². The molecule has 2 saturated carbocycles. The van der Waals surface area contributed by atoms with Crippen molar-refractivity contribution in [1.82, 2.24) is 14.7 Å². The van der Waals surface area contributed by atoms with E-state index in [9.17, 15) is 9.59 Å². The van der Waals surface area contributed by atoms with Gasteiger partial charge >= 0.3 is 0 Å². The lowest BCUT2D eigenvalue weighted by molar-refractivity contribution is -0.135. The number of piperazine rings is 1. The predicted octanol–water partition coefficient (Wildman–Crippen LogP) is 1.05. The normalized spacial score (nSPS) is 31.5. The number of carbonyl (C=O) groups is 2. The van der Waals surface area contributed by atoms with E-state index in [2.05, 4.69) is 4.90 Å². The zero-order valence-electron chi connectivity index (χ0n) is 14.0. The Morgan fingerprint density at radius 2 is 1.77 bits per heavy atom. The molecule has 0 N–H and O–H groups in total. The summed E-state index contributed by atoms with van der Waals surface area (Å²) in [7, 11) is 3.58. The largest absolute Gasteiger partial charge is 0.348 e. The molecule has 5 nitrogen and oxygen atoms in total. The van der Waals surface area contributed by atoms with Crippen LogP contribution in [0.25, 0.3) is 0 Å². The molecule has 0 spiro atoms. The number of likely N-dealkylation sites (N-methyl/N-ethyl adjacent to an activating group) is 1. The average Bonchev–Trinajstić information content (AvgIpc) is 3.10. The van der Waals surface area contributed by atoms with Gasteiger partial charge in [0.25, 0.3) is 0 Å². The third-order valence-electron chi connectivity index (χ3n) is 5.90. The van der Waals surface area contributed by atoms with Crippen LogP contribution in [0.1, 0.15) is 32.1 Å². The summed E-state index contributed by atoms with van der Waals surface area (Å²) in [6.45, 7) is 3.67. The van der Waals surface area contributed by atoms with Gasteiger partial charge < -0.3 is 9.80 Å². The number of hydrogen-bond acceptors (Lipinski definition) is 3. The van der Waals surface area contributed by atoms with E-state index in [1.165, 1.54) is 25.7 Å². The highest BCUT2D eigenvalue weighted by Gasteiger charge is 2.40. The first-order valence-electron chi connectivity index (χ1n) is 8.73. The molecule has 2 aliphatic carbocycles. The first-order valence-corrected chi connectivity index (χ1v) is 8.73. The number of carbonyl (C=O) groups excluding carboxylic acids is 2. The number of rotatable bonds is 4. The minimum atomic E-state index is 0.141. The Labute approximate surface area is 133 Å². The number of fused-ring (bicyclic) bond motifs is 2. The van der Waals surface area contributed by atoms with E-state index >= 15 is 0 Å². The van der Waals surface area contributed by atoms with Gasteiger partial charge in [-0.1, -0.05) is 6.42 Å². The van der Waals surface area contributed by atoms with Gasteiger partial charge in [-0.25, -0.2) is 0 Å². The van der Waals surface area contributed by atoms with Gasteiger partial charge in [0.2, 0.25) is 11.8 Å². The molecular weight excluding hydrogens is 278 g/mol. The van der Waals surface area contributed by atoms with Crippen molar-refractivity contribution in [2.45, 2.75) is 32.1 Å². The maximum Gasteiger partial charge on any atom is 0.236 e. The van der Waals surface area contributed by atoms with Crippen LogP contribution in [0.4, 0.5) is 0 Å². The molecule has 3 fully saturated rings. The van der Waals surface area contributed by atoms with Gasteiger partial charge in [0.05, 0.1) is 6.54 Å². The number of hydrogen-bond donors (Lipinski definition) is 0. The van der Waals surface area contributed by atoms with Crippen molar-refractivity contribution in [2.24, 2.45) is 17.8 Å². The zero-order valence-corrected chi connectivity index (χ0v) is 14.0. The van der Waals surface area contributed by atoms with Crippen LogP contribution >= 0.6 is 0 Å². The van der Waals surface area contributed by atoms with E-state index in [-0.39, 0.29) is 5.91 Å². The fraction of sp³-hybridized carbons (Fsp3) is 0.882. The zero-order chi connectivity index (χ0) is 15.7. The first-order chi connectivity index (χ1) is 10.5. The third-order valence-corrected chi connectivity index (χ3v) is 5.90.